The van der Waals surface area contributed by atoms with Gasteiger partial charge in [-0.15, -0.1) is 0 Å². The molecule has 5 rings (SSSR count). The first kappa shape index (κ1) is 22.5. The summed E-state index contributed by atoms with van der Waals surface area (Å²) in [6.45, 7) is 6.31. The van der Waals surface area contributed by atoms with E-state index >= 15 is 0 Å². The molecule has 7 heteroatoms. The van der Waals surface area contributed by atoms with Gasteiger partial charge in [0.25, 0.3) is 0 Å². The van der Waals surface area contributed by atoms with Crippen molar-refractivity contribution in [1.29, 1.82) is 0 Å². The zero-order valence-electron chi connectivity index (χ0n) is 20.4. The van der Waals surface area contributed by atoms with Crippen molar-refractivity contribution in [2.24, 2.45) is 7.05 Å². The smallest absolute Gasteiger partial charge is 0.229 e. The van der Waals surface area contributed by atoms with Crippen molar-refractivity contribution in [3.8, 4) is 22.4 Å². The summed E-state index contributed by atoms with van der Waals surface area (Å²) < 4.78 is 3.79. The van der Waals surface area contributed by atoms with Gasteiger partial charge in [-0.25, -0.2) is 4.98 Å². The molecule has 0 atom stereocenters. The highest BCUT2D eigenvalue weighted by atomic mass is 16.1. The van der Waals surface area contributed by atoms with E-state index in [-0.39, 0.29) is 11.3 Å². The molecule has 0 aliphatic heterocycles. The Kier molecular flexibility index (Phi) is 5.68. The highest BCUT2D eigenvalue weighted by molar-refractivity contribution is 5.91. The van der Waals surface area contributed by atoms with Crippen LogP contribution < -0.4 is 5.32 Å². The molecule has 0 spiro atoms. The number of amides is 1. The number of benzene rings is 1. The second-order valence-electron chi connectivity index (χ2n) is 9.73. The summed E-state index contributed by atoms with van der Waals surface area (Å²) in [6, 6.07) is 18.1. The van der Waals surface area contributed by atoms with Gasteiger partial charge in [-0.05, 0) is 41.0 Å². The van der Waals surface area contributed by atoms with Crippen molar-refractivity contribution in [2.75, 3.05) is 5.32 Å². The average Bonchev–Trinajstić information content (AvgIpc) is 3.43. The van der Waals surface area contributed by atoms with Crippen LogP contribution in [0.1, 0.15) is 32.0 Å². The van der Waals surface area contributed by atoms with E-state index in [0.29, 0.717) is 12.2 Å². The Morgan fingerprint density at radius 1 is 0.943 bits per heavy atom. The maximum absolute atomic E-state index is 12.7. The molecule has 1 aromatic carbocycles. The number of rotatable bonds is 5. The number of carbonyl (C=O) groups excluding carboxylic acids is 1. The molecule has 7 nitrogen and oxygen atoms in total. The fourth-order valence-electron chi connectivity index (χ4n) is 4.03. The summed E-state index contributed by atoms with van der Waals surface area (Å²) in [5.74, 6) is 0.632. The van der Waals surface area contributed by atoms with Crippen LogP contribution in [0.2, 0.25) is 0 Å². The lowest BCUT2D eigenvalue weighted by Crippen LogP contribution is -2.16. The quantitative estimate of drug-likeness (QED) is 0.384. The molecular formula is C28H28N6O. The number of hydrogen-bond donors (Lipinski definition) is 1. The van der Waals surface area contributed by atoms with Gasteiger partial charge < -0.3 is 5.32 Å². The molecule has 0 unspecified atom stereocenters. The lowest BCUT2D eigenvalue weighted by Gasteiger charge is -2.13. The van der Waals surface area contributed by atoms with E-state index in [1.54, 1.807) is 17.1 Å². The Morgan fingerprint density at radius 3 is 2.37 bits per heavy atom. The van der Waals surface area contributed by atoms with Gasteiger partial charge in [-0.2, -0.15) is 5.10 Å². The third-order valence-electron chi connectivity index (χ3n) is 6.06. The van der Waals surface area contributed by atoms with Gasteiger partial charge in [0.05, 0.1) is 24.0 Å². The second-order valence-corrected chi connectivity index (χ2v) is 9.73. The number of aryl methyl sites for hydroxylation is 1. The third-order valence-corrected chi connectivity index (χ3v) is 6.06. The highest BCUT2D eigenvalue weighted by Crippen LogP contribution is 2.26. The SMILES string of the molecule is Cn1nc(C(C)(C)C)cc1NC(=O)Cc1ccc(-c2cnc3cc(-c4ccncc4)ccn23)cc1. The van der Waals surface area contributed by atoms with Crippen molar-refractivity contribution in [1.82, 2.24) is 24.1 Å². The van der Waals surface area contributed by atoms with Crippen LogP contribution >= 0.6 is 0 Å². The van der Waals surface area contributed by atoms with E-state index < -0.39 is 0 Å². The van der Waals surface area contributed by atoms with E-state index in [9.17, 15) is 4.79 Å². The van der Waals surface area contributed by atoms with Crippen molar-refractivity contribution in [2.45, 2.75) is 32.6 Å². The van der Waals surface area contributed by atoms with Gasteiger partial charge in [-0.3, -0.25) is 18.9 Å². The minimum absolute atomic E-state index is 0.0698. The zero-order valence-corrected chi connectivity index (χ0v) is 20.4. The number of carbonyl (C=O) groups is 1. The lowest BCUT2D eigenvalue weighted by molar-refractivity contribution is -0.115. The molecule has 0 radical (unpaired) electrons. The maximum Gasteiger partial charge on any atom is 0.229 e. The zero-order chi connectivity index (χ0) is 24.6. The first-order chi connectivity index (χ1) is 16.8. The van der Waals surface area contributed by atoms with Crippen LogP contribution in [0.25, 0.3) is 28.0 Å². The van der Waals surface area contributed by atoms with Crippen LogP contribution in [0.15, 0.2) is 79.4 Å². The molecule has 0 aliphatic carbocycles. The van der Waals surface area contributed by atoms with E-state index in [2.05, 4.69) is 57.7 Å². The predicted octanol–water partition coefficient (Wildman–Crippen LogP) is 5.28. The monoisotopic (exact) mass is 464 g/mol. The van der Waals surface area contributed by atoms with Gasteiger partial charge in [0, 0.05) is 42.7 Å². The first-order valence-electron chi connectivity index (χ1n) is 11.6. The number of aromatic nitrogens is 5. The number of imidazole rings is 1. The molecule has 0 saturated heterocycles. The third kappa shape index (κ3) is 4.71. The minimum Gasteiger partial charge on any atom is -0.311 e. The summed E-state index contributed by atoms with van der Waals surface area (Å²) in [5.41, 5.74) is 6.94. The van der Waals surface area contributed by atoms with Crippen LogP contribution in [0.4, 0.5) is 5.82 Å². The highest BCUT2D eigenvalue weighted by Gasteiger charge is 2.19. The number of pyridine rings is 2. The van der Waals surface area contributed by atoms with Crippen molar-refractivity contribution >= 4 is 17.4 Å². The summed E-state index contributed by atoms with van der Waals surface area (Å²) in [6.07, 6.45) is 7.78. The van der Waals surface area contributed by atoms with Gasteiger partial charge in [0.2, 0.25) is 5.91 Å². The Labute approximate surface area is 204 Å². The van der Waals surface area contributed by atoms with E-state index in [0.717, 1.165) is 39.3 Å². The summed E-state index contributed by atoms with van der Waals surface area (Å²) >= 11 is 0. The topological polar surface area (TPSA) is 77.1 Å². The molecule has 0 aliphatic rings. The molecular weight excluding hydrogens is 436 g/mol. The molecule has 1 amide bonds. The standard InChI is InChI=1S/C28H28N6O/c1-28(2,3)24-17-26(33(4)32-24)31-27(35)15-19-5-7-21(8-6-19)23-18-30-25-16-22(11-14-34(23)25)20-9-12-29-13-10-20/h5-14,16-18H,15H2,1-4H3,(H,31,35). The normalized spacial score (nSPS) is 11.7. The fourth-order valence-corrected chi connectivity index (χ4v) is 4.03. The number of anilines is 1. The largest absolute Gasteiger partial charge is 0.311 e. The molecule has 0 saturated carbocycles. The predicted molar refractivity (Wildman–Crippen MR) is 138 cm³/mol. The first-order valence-corrected chi connectivity index (χ1v) is 11.6. The lowest BCUT2D eigenvalue weighted by atomic mass is 9.92. The van der Waals surface area contributed by atoms with E-state index in [1.165, 1.54) is 0 Å². The van der Waals surface area contributed by atoms with Crippen molar-refractivity contribution < 1.29 is 4.79 Å². The Morgan fingerprint density at radius 2 is 1.69 bits per heavy atom. The van der Waals surface area contributed by atoms with Gasteiger partial charge in [-0.1, -0.05) is 45.0 Å². The van der Waals surface area contributed by atoms with Crippen molar-refractivity contribution in [3.05, 3.63) is 90.6 Å². The molecule has 35 heavy (non-hydrogen) atoms. The van der Waals surface area contributed by atoms with Crippen LogP contribution in [0.3, 0.4) is 0 Å². The second kappa shape index (κ2) is 8.83. The summed E-state index contributed by atoms with van der Waals surface area (Å²) in [4.78, 5) is 21.3. The van der Waals surface area contributed by atoms with Gasteiger partial charge in [0.15, 0.2) is 0 Å². The number of nitrogens with one attached hydrogen (secondary N) is 1. The van der Waals surface area contributed by atoms with Crippen LogP contribution in [-0.2, 0) is 23.7 Å². The Hall–Kier alpha value is -4.26. The molecule has 5 aromatic rings. The number of hydrogen-bond acceptors (Lipinski definition) is 4. The summed E-state index contributed by atoms with van der Waals surface area (Å²) in [5, 5.41) is 7.50. The number of fused-ring (bicyclic) bond motifs is 1. The molecule has 4 aromatic heterocycles. The molecule has 176 valence electrons. The average molecular weight is 465 g/mol. The minimum atomic E-state index is -0.0744. The molecule has 0 bridgehead atoms. The Bertz CT molecular complexity index is 1490. The van der Waals surface area contributed by atoms with Crippen LogP contribution in [0, 0.1) is 0 Å². The van der Waals surface area contributed by atoms with E-state index in [1.807, 2.05) is 61.9 Å². The van der Waals surface area contributed by atoms with Crippen LogP contribution in [-0.4, -0.2) is 30.1 Å². The summed E-state index contributed by atoms with van der Waals surface area (Å²) in [7, 11) is 1.84. The molecule has 1 N–H and O–H groups in total. The van der Waals surface area contributed by atoms with E-state index in [4.69, 9.17) is 0 Å². The number of nitrogens with zero attached hydrogens (tertiary/aromatic N) is 5. The molecule has 4 heterocycles. The fraction of sp³-hybridized carbons (Fsp3) is 0.214. The van der Waals surface area contributed by atoms with Crippen LogP contribution in [0.5, 0.6) is 0 Å². The maximum atomic E-state index is 12.7. The van der Waals surface area contributed by atoms with Gasteiger partial charge in [0.1, 0.15) is 11.5 Å². The van der Waals surface area contributed by atoms with Crippen molar-refractivity contribution in [3.63, 3.8) is 0 Å². The Balaban J connectivity index is 1.30. The molecule has 0 fully saturated rings. The van der Waals surface area contributed by atoms with Gasteiger partial charge >= 0.3 is 0 Å².